The van der Waals surface area contributed by atoms with Gasteiger partial charge in [0.15, 0.2) is 5.13 Å². The molecule has 7 heteroatoms. The van der Waals surface area contributed by atoms with Gasteiger partial charge < -0.3 is 10.1 Å². The van der Waals surface area contributed by atoms with Crippen molar-refractivity contribution in [3.8, 4) is 10.4 Å². The van der Waals surface area contributed by atoms with Crippen LogP contribution < -0.4 is 5.32 Å². The molecule has 1 aromatic carbocycles. The number of nitrogens with one attached hydrogen (secondary N) is 1. The molecule has 2 fully saturated rings. The molecule has 26 heavy (non-hydrogen) atoms. The summed E-state index contributed by atoms with van der Waals surface area (Å²) >= 11 is 7.46. The molecule has 0 radical (unpaired) electrons. The van der Waals surface area contributed by atoms with Crippen molar-refractivity contribution in [1.82, 2.24) is 9.97 Å². The Hall–Kier alpha value is -2.02. The molecule has 5 nitrogen and oxygen atoms in total. The number of pyridine rings is 1. The minimum atomic E-state index is -0.0450. The van der Waals surface area contributed by atoms with E-state index in [0.717, 1.165) is 40.5 Å². The molecule has 3 atom stereocenters. The van der Waals surface area contributed by atoms with Crippen LogP contribution in [0.2, 0.25) is 5.15 Å². The van der Waals surface area contributed by atoms with Crippen molar-refractivity contribution in [3.63, 3.8) is 0 Å². The molecule has 5 rings (SSSR count). The average Bonchev–Trinajstić information content (AvgIpc) is 3.38. The number of carbonyl (C=O) groups excluding carboxylic acids is 1. The molecule has 2 aromatic heterocycles. The smallest absolute Gasteiger partial charge is 0.231 e. The zero-order chi connectivity index (χ0) is 17.7. The van der Waals surface area contributed by atoms with E-state index in [1.165, 1.54) is 11.3 Å². The second-order valence-corrected chi connectivity index (χ2v) is 8.22. The van der Waals surface area contributed by atoms with Gasteiger partial charge in [-0.25, -0.2) is 9.97 Å². The van der Waals surface area contributed by atoms with E-state index >= 15 is 0 Å². The van der Waals surface area contributed by atoms with Gasteiger partial charge in [0.1, 0.15) is 5.15 Å². The third-order valence-corrected chi connectivity index (χ3v) is 6.32. The Balaban J connectivity index is 1.36. The van der Waals surface area contributed by atoms with Gasteiger partial charge >= 0.3 is 0 Å². The van der Waals surface area contributed by atoms with E-state index in [2.05, 4.69) is 21.4 Å². The minimum absolute atomic E-state index is 0.0227. The second kappa shape index (κ2) is 6.30. The van der Waals surface area contributed by atoms with E-state index in [1.807, 2.05) is 18.2 Å². The summed E-state index contributed by atoms with van der Waals surface area (Å²) in [4.78, 5) is 22.0. The number of halogens is 1. The first kappa shape index (κ1) is 16.2. The zero-order valence-corrected chi connectivity index (χ0v) is 15.4. The van der Waals surface area contributed by atoms with Crippen molar-refractivity contribution < 1.29 is 9.53 Å². The number of fused-ring (bicyclic) bond motifs is 3. The molecule has 3 aromatic rings. The number of hydrogen-bond donors (Lipinski definition) is 1. The first-order valence-corrected chi connectivity index (χ1v) is 9.83. The Morgan fingerprint density at radius 3 is 2.92 bits per heavy atom. The number of benzene rings is 1. The van der Waals surface area contributed by atoms with Crippen LogP contribution in [0.1, 0.15) is 19.3 Å². The molecule has 0 saturated carbocycles. The summed E-state index contributed by atoms with van der Waals surface area (Å²) in [5, 5.41) is 6.12. The molecule has 2 aliphatic rings. The molecule has 2 aliphatic heterocycles. The zero-order valence-electron chi connectivity index (χ0n) is 13.8. The van der Waals surface area contributed by atoms with Gasteiger partial charge in [-0.05, 0) is 42.3 Å². The minimum Gasteiger partial charge on any atom is -0.374 e. The van der Waals surface area contributed by atoms with E-state index in [0.29, 0.717) is 10.3 Å². The normalized spacial score (nSPS) is 24.3. The third-order valence-electron chi connectivity index (χ3n) is 5.15. The van der Waals surface area contributed by atoms with Crippen LogP contribution in [0.25, 0.3) is 21.2 Å². The molecule has 0 spiro atoms. The number of amides is 1. The van der Waals surface area contributed by atoms with E-state index in [9.17, 15) is 4.79 Å². The van der Waals surface area contributed by atoms with Crippen LogP contribution in [0.15, 0.2) is 36.7 Å². The Morgan fingerprint density at radius 2 is 2.12 bits per heavy atom. The largest absolute Gasteiger partial charge is 0.374 e. The van der Waals surface area contributed by atoms with Gasteiger partial charge in [-0.3, -0.25) is 4.79 Å². The maximum absolute atomic E-state index is 12.5. The molecule has 2 bridgehead atoms. The van der Waals surface area contributed by atoms with Gasteiger partial charge in [0.25, 0.3) is 0 Å². The van der Waals surface area contributed by atoms with E-state index < -0.39 is 0 Å². The number of nitrogens with zero attached hydrogens (tertiary/aromatic N) is 2. The fourth-order valence-electron chi connectivity index (χ4n) is 3.84. The number of aromatic nitrogens is 2. The average molecular weight is 386 g/mol. The van der Waals surface area contributed by atoms with Crippen LogP contribution in [0.5, 0.6) is 0 Å². The lowest BCUT2D eigenvalue weighted by Crippen LogP contribution is -2.30. The van der Waals surface area contributed by atoms with E-state index in [-0.39, 0.29) is 24.0 Å². The van der Waals surface area contributed by atoms with Crippen molar-refractivity contribution in [2.24, 2.45) is 5.92 Å². The molecule has 2 saturated heterocycles. The molecule has 0 aliphatic carbocycles. The SMILES string of the molecule is O=C(Nc1ncc(-c2ccc3cnc(Cl)cc3c2)s1)[C@H]1C[C@@H]2CC[C@H]1O2. The Labute approximate surface area is 159 Å². The van der Waals surface area contributed by atoms with Gasteiger partial charge in [0.05, 0.1) is 23.0 Å². The lowest BCUT2D eigenvalue weighted by molar-refractivity contribution is -0.121. The number of anilines is 1. The van der Waals surface area contributed by atoms with Crippen molar-refractivity contribution in [2.75, 3.05) is 5.32 Å². The van der Waals surface area contributed by atoms with Crippen LogP contribution in [0, 0.1) is 5.92 Å². The van der Waals surface area contributed by atoms with E-state index in [1.54, 1.807) is 12.4 Å². The Bertz CT molecular complexity index is 1010. The Kier molecular flexibility index (Phi) is 3.92. The number of thiazole rings is 1. The monoisotopic (exact) mass is 385 g/mol. The summed E-state index contributed by atoms with van der Waals surface area (Å²) in [5.41, 5.74) is 1.04. The fourth-order valence-corrected chi connectivity index (χ4v) is 4.83. The predicted molar refractivity (Wildman–Crippen MR) is 102 cm³/mol. The molecule has 1 N–H and O–H groups in total. The number of rotatable bonds is 3. The van der Waals surface area contributed by atoms with Gasteiger partial charge in [0, 0.05) is 17.8 Å². The van der Waals surface area contributed by atoms with Crippen molar-refractivity contribution in [1.29, 1.82) is 0 Å². The van der Waals surface area contributed by atoms with Crippen LogP contribution >= 0.6 is 22.9 Å². The topological polar surface area (TPSA) is 64.1 Å². The second-order valence-electron chi connectivity index (χ2n) is 6.80. The summed E-state index contributed by atoms with van der Waals surface area (Å²) < 4.78 is 5.78. The highest BCUT2D eigenvalue weighted by Gasteiger charge is 2.44. The van der Waals surface area contributed by atoms with Gasteiger partial charge in [-0.2, -0.15) is 0 Å². The highest BCUT2D eigenvalue weighted by atomic mass is 35.5. The predicted octanol–water partition coefficient (Wildman–Crippen LogP) is 4.52. The number of carbonyl (C=O) groups is 1. The first-order valence-electron chi connectivity index (χ1n) is 8.63. The quantitative estimate of drug-likeness (QED) is 0.673. The maximum Gasteiger partial charge on any atom is 0.231 e. The molecular weight excluding hydrogens is 370 g/mol. The summed E-state index contributed by atoms with van der Waals surface area (Å²) in [6.07, 6.45) is 6.80. The summed E-state index contributed by atoms with van der Waals surface area (Å²) in [6, 6.07) is 7.95. The van der Waals surface area contributed by atoms with Crippen molar-refractivity contribution in [2.45, 2.75) is 31.5 Å². The summed E-state index contributed by atoms with van der Waals surface area (Å²) in [6.45, 7) is 0. The molecule has 1 amide bonds. The highest BCUT2D eigenvalue weighted by Crippen LogP contribution is 2.39. The van der Waals surface area contributed by atoms with E-state index in [4.69, 9.17) is 16.3 Å². The van der Waals surface area contributed by atoms with Crippen molar-refractivity contribution in [3.05, 3.63) is 41.8 Å². The molecule has 132 valence electrons. The van der Waals surface area contributed by atoms with Crippen LogP contribution in [-0.4, -0.2) is 28.1 Å². The number of ether oxygens (including phenoxy) is 1. The van der Waals surface area contributed by atoms with Crippen LogP contribution in [0.4, 0.5) is 5.13 Å². The molecule has 4 heterocycles. The van der Waals surface area contributed by atoms with Crippen LogP contribution in [0.3, 0.4) is 0 Å². The van der Waals surface area contributed by atoms with Gasteiger partial charge in [-0.1, -0.05) is 35.1 Å². The fraction of sp³-hybridized carbons (Fsp3) is 0.316. The Morgan fingerprint density at radius 1 is 1.19 bits per heavy atom. The van der Waals surface area contributed by atoms with Crippen LogP contribution in [-0.2, 0) is 9.53 Å². The lowest BCUT2D eigenvalue weighted by atomic mass is 9.89. The first-order chi connectivity index (χ1) is 12.7. The lowest BCUT2D eigenvalue weighted by Gasteiger charge is -2.16. The molecular formula is C19H16ClN3O2S. The van der Waals surface area contributed by atoms with Crippen molar-refractivity contribution >= 4 is 44.7 Å². The molecule has 0 unspecified atom stereocenters. The van der Waals surface area contributed by atoms with Gasteiger partial charge in [-0.15, -0.1) is 0 Å². The summed E-state index contributed by atoms with van der Waals surface area (Å²) in [5.74, 6) is -0.0223. The standard InChI is InChI=1S/C19H16ClN3O2S/c20-17-6-12-5-10(1-2-11(12)8-21-17)16-9-22-19(26-16)23-18(24)14-7-13-3-4-15(14)25-13/h1-2,5-6,8-9,13-15H,3-4,7H2,(H,22,23,24)/t13-,14-,15+/m0/s1. The highest BCUT2D eigenvalue weighted by molar-refractivity contribution is 7.19. The third kappa shape index (κ3) is 2.88. The van der Waals surface area contributed by atoms with Gasteiger partial charge in [0.2, 0.25) is 5.91 Å². The summed E-state index contributed by atoms with van der Waals surface area (Å²) in [7, 11) is 0. The number of hydrogen-bond acceptors (Lipinski definition) is 5. The maximum atomic E-state index is 12.5.